The summed E-state index contributed by atoms with van der Waals surface area (Å²) in [6, 6.07) is 22.9. The van der Waals surface area contributed by atoms with Crippen molar-refractivity contribution in [1.29, 1.82) is 0 Å². The van der Waals surface area contributed by atoms with Crippen molar-refractivity contribution in [3.8, 4) is 11.5 Å². The van der Waals surface area contributed by atoms with Gasteiger partial charge in [0.05, 0.1) is 11.4 Å². The second-order valence-electron chi connectivity index (χ2n) is 7.55. The number of imide groups is 1. The predicted octanol–water partition coefficient (Wildman–Crippen LogP) is 5.41. The second kappa shape index (κ2) is 9.75. The predicted molar refractivity (Wildman–Crippen MR) is 127 cm³/mol. The Balaban J connectivity index is 1.44. The molecule has 6 heteroatoms. The first kappa shape index (κ1) is 21.7. The van der Waals surface area contributed by atoms with Crippen molar-refractivity contribution < 1.29 is 19.4 Å². The summed E-state index contributed by atoms with van der Waals surface area (Å²) in [6.07, 6.45) is 2.29. The van der Waals surface area contributed by atoms with Gasteiger partial charge in [0.25, 0.3) is 11.1 Å². The number of phenolic OH excluding ortho intramolecular Hbond substituents is 1. The molecule has 1 aliphatic rings. The van der Waals surface area contributed by atoms with Crippen LogP contribution in [0, 0.1) is 6.92 Å². The Labute approximate surface area is 191 Å². The zero-order chi connectivity index (χ0) is 22.5. The number of amides is 2. The largest absolute Gasteiger partial charge is 0.507 e. The van der Waals surface area contributed by atoms with E-state index in [0.717, 1.165) is 28.5 Å². The minimum atomic E-state index is -0.374. The highest BCUT2D eigenvalue weighted by atomic mass is 32.2. The molecule has 1 fully saturated rings. The normalized spacial score (nSPS) is 14.9. The molecule has 0 aromatic heterocycles. The molecule has 162 valence electrons. The molecule has 1 aliphatic heterocycles. The first-order chi connectivity index (χ1) is 15.5. The number of carbonyl (C=O) groups excluding carboxylic acids is 2. The number of phenols is 1. The number of benzene rings is 3. The van der Waals surface area contributed by atoms with E-state index in [1.165, 1.54) is 4.90 Å². The lowest BCUT2D eigenvalue weighted by atomic mass is 10.0. The van der Waals surface area contributed by atoms with Crippen LogP contribution in [0.3, 0.4) is 0 Å². The fourth-order valence-corrected chi connectivity index (χ4v) is 4.31. The summed E-state index contributed by atoms with van der Waals surface area (Å²) in [6.45, 7) is 2.35. The number of hydrogen-bond donors (Lipinski definition) is 1. The van der Waals surface area contributed by atoms with Gasteiger partial charge in [0.1, 0.15) is 18.1 Å². The van der Waals surface area contributed by atoms with Crippen LogP contribution in [0.5, 0.6) is 11.5 Å². The Kier molecular flexibility index (Phi) is 6.61. The molecule has 1 saturated heterocycles. The van der Waals surface area contributed by atoms with Crippen LogP contribution in [-0.2, 0) is 11.2 Å². The highest BCUT2D eigenvalue weighted by Crippen LogP contribution is 2.34. The third kappa shape index (κ3) is 5.21. The van der Waals surface area contributed by atoms with Crippen molar-refractivity contribution in [2.24, 2.45) is 0 Å². The Morgan fingerprint density at radius 1 is 0.969 bits per heavy atom. The number of aromatic hydroxyl groups is 1. The van der Waals surface area contributed by atoms with Crippen LogP contribution in [0.15, 0.2) is 77.7 Å². The maximum Gasteiger partial charge on any atom is 0.293 e. The van der Waals surface area contributed by atoms with E-state index >= 15 is 0 Å². The number of nitrogens with zero attached hydrogens (tertiary/aromatic N) is 1. The van der Waals surface area contributed by atoms with E-state index in [2.05, 4.69) is 0 Å². The van der Waals surface area contributed by atoms with Gasteiger partial charge in [-0.25, -0.2) is 0 Å². The van der Waals surface area contributed by atoms with Gasteiger partial charge >= 0.3 is 0 Å². The van der Waals surface area contributed by atoms with E-state index in [4.69, 9.17) is 4.74 Å². The Morgan fingerprint density at radius 2 is 1.78 bits per heavy atom. The van der Waals surface area contributed by atoms with E-state index in [1.54, 1.807) is 12.1 Å². The lowest BCUT2D eigenvalue weighted by Crippen LogP contribution is -2.32. The van der Waals surface area contributed by atoms with E-state index in [1.807, 2.05) is 73.7 Å². The third-order valence-corrected chi connectivity index (χ3v) is 5.98. The van der Waals surface area contributed by atoms with Gasteiger partial charge in [-0.05, 0) is 72.1 Å². The molecular formula is C26H23NO4S. The molecule has 0 bridgehead atoms. The maximum atomic E-state index is 12.8. The topological polar surface area (TPSA) is 66.8 Å². The molecule has 1 heterocycles. The molecule has 4 rings (SSSR count). The van der Waals surface area contributed by atoms with Gasteiger partial charge in [0.2, 0.25) is 0 Å². The van der Waals surface area contributed by atoms with Gasteiger partial charge in [0.15, 0.2) is 0 Å². The average molecular weight is 446 g/mol. The lowest BCUT2D eigenvalue weighted by Gasteiger charge is -2.13. The Hall–Kier alpha value is -3.51. The van der Waals surface area contributed by atoms with Crippen molar-refractivity contribution in [2.45, 2.75) is 13.3 Å². The number of ether oxygens (including phenoxy) is 1. The highest BCUT2D eigenvalue weighted by Gasteiger charge is 2.35. The molecule has 32 heavy (non-hydrogen) atoms. The van der Waals surface area contributed by atoms with E-state index < -0.39 is 0 Å². The minimum absolute atomic E-state index is 0.0661. The molecule has 0 radical (unpaired) electrons. The van der Waals surface area contributed by atoms with Gasteiger partial charge < -0.3 is 9.84 Å². The quantitative estimate of drug-likeness (QED) is 0.493. The summed E-state index contributed by atoms with van der Waals surface area (Å²) in [4.78, 5) is 26.6. The van der Waals surface area contributed by atoms with Crippen LogP contribution in [0.4, 0.5) is 4.79 Å². The molecule has 1 N–H and O–H groups in total. The summed E-state index contributed by atoms with van der Waals surface area (Å²) in [5.74, 6) is 0.393. The van der Waals surface area contributed by atoms with Crippen molar-refractivity contribution in [2.75, 3.05) is 13.2 Å². The molecule has 0 saturated carbocycles. The number of aryl methyl sites for hydroxylation is 1. The standard InChI is InChI=1S/C26H23NO4S/c1-18-6-5-9-22(14-18)31-13-12-27-25(29)24(32-26(27)30)17-21-16-20(10-11-23(21)28)15-19-7-3-2-4-8-19/h2-11,14,16-17,28H,12-13,15H2,1H3/b24-17-. The summed E-state index contributed by atoms with van der Waals surface area (Å²) < 4.78 is 5.68. The Bertz CT molecular complexity index is 1170. The fourth-order valence-electron chi connectivity index (χ4n) is 3.46. The van der Waals surface area contributed by atoms with Gasteiger partial charge in [-0.1, -0.05) is 48.5 Å². The van der Waals surface area contributed by atoms with Crippen molar-refractivity contribution >= 4 is 29.0 Å². The second-order valence-corrected chi connectivity index (χ2v) is 8.55. The maximum absolute atomic E-state index is 12.8. The van der Waals surface area contributed by atoms with E-state index in [-0.39, 0.29) is 35.0 Å². The molecular weight excluding hydrogens is 422 g/mol. The SMILES string of the molecule is Cc1cccc(OCCN2C(=O)S/C(=C\c3cc(Cc4ccccc4)ccc3O)C2=O)c1. The monoisotopic (exact) mass is 445 g/mol. The first-order valence-corrected chi connectivity index (χ1v) is 11.1. The molecule has 3 aromatic rings. The number of thioether (sulfide) groups is 1. The van der Waals surface area contributed by atoms with E-state index in [0.29, 0.717) is 17.7 Å². The zero-order valence-corrected chi connectivity index (χ0v) is 18.5. The highest BCUT2D eigenvalue weighted by molar-refractivity contribution is 8.18. The average Bonchev–Trinajstić information content (AvgIpc) is 3.04. The molecule has 3 aromatic carbocycles. The summed E-state index contributed by atoms with van der Waals surface area (Å²) in [5.41, 5.74) is 3.75. The molecule has 0 unspecified atom stereocenters. The van der Waals surface area contributed by atoms with Crippen LogP contribution < -0.4 is 4.74 Å². The zero-order valence-electron chi connectivity index (χ0n) is 17.7. The smallest absolute Gasteiger partial charge is 0.293 e. The van der Waals surface area contributed by atoms with Crippen LogP contribution in [0.1, 0.15) is 22.3 Å². The van der Waals surface area contributed by atoms with Crippen molar-refractivity contribution in [3.63, 3.8) is 0 Å². The lowest BCUT2D eigenvalue weighted by molar-refractivity contribution is -0.123. The Morgan fingerprint density at radius 3 is 2.56 bits per heavy atom. The molecule has 5 nitrogen and oxygen atoms in total. The summed E-state index contributed by atoms with van der Waals surface area (Å²) in [7, 11) is 0. The van der Waals surface area contributed by atoms with E-state index in [9.17, 15) is 14.7 Å². The molecule has 0 aliphatic carbocycles. The van der Waals surface area contributed by atoms with Crippen molar-refractivity contribution in [3.05, 3.63) is 100.0 Å². The van der Waals surface area contributed by atoms with Crippen molar-refractivity contribution in [1.82, 2.24) is 4.90 Å². The van der Waals surface area contributed by atoms with Gasteiger partial charge in [0, 0.05) is 5.56 Å². The summed E-state index contributed by atoms with van der Waals surface area (Å²) in [5, 5.41) is 9.95. The van der Waals surface area contributed by atoms with Crippen LogP contribution in [0.2, 0.25) is 0 Å². The minimum Gasteiger partial charge on any atom is -0.507 e. The molecule has 2 amide bonds. The fraction of sp³-hybridized carbons (Fsp3) is 0.154. The van der Waals surface area contributed by atoms with Gasteiger partial charge in [-0.2, -0.15) is 0 Å². The first-order valence-electron chi connectivity index (χ1n) is 10.3. The van der Waals surface area contributed by atoms with Crippen LogP contribution >= 0.6 is 11.8 Å². The number of rotatable bonds is 7. The number of carbonyl (C=O) groups is 2. The summed E-state index contributed by atoms with van der Waals surface area (Å²) >= 11 is 0.876. The van der Waals surface area contributed by atoms with Gasteiger partial charge in [-0.3, -0.25) is 14.5 Å². The third-order valence-electron chi connectivity index (χ3n) is 5.08. The molecule has 0 spiro atoms. The molecule has 0 atom stereocenters. The van der Waals surface area contributed by atoms with Crippen LogP contribution in [-0.4, -0.2) is 34.3 Å². The number of hydrogen-bond acceptors (Lipinski definition) is 5. The van der Waals surface area contributed by atoms with Gasteiger partial charge in [-0.15, -0.1) is 0 Å². The van der Waals surface area contributed by atoms with Crippen LogP contribution in [0.25, 0.3) is 6.08 Å².